The van der Waals surface area contributed by atoms with E-state index in [4.69, 9.17) is 0 Å². The lowest BCUT2D eigenvalue weighted by Crippen LogP contribution is -1.93. The number of ketones is 1. The minimum atomic E-state index is 0.0324. The van der Waals surface area contributed by atoms with E-state index in [1.54, 1.807) is 6.20 Å². The Labute approximate surface area is 53.1 Å². The molecule has 0 aliphatic rings. The predicted octanol–water partition coefficient (Wildman–Crippen LogP) is 0.921. The van der Waals surface area contributed by atoms with E-state index in [1.165, 1.54) is 6.92 Å². The first kappa shape index (κ1) is 6.01. The Morgan fingerprint density at radius 3 is 2.67 bits per heavy atom. The van der Waals surface area contributed by atoms with Gasteiger partial charge in [0.05, 0.1) is 6.20 Å². The van der Waals surface area contributed by atoms with Gasteiger partial charge in [-0.2, -0.15) is 5.10 Å². The van der Waals surface area contributed by atoms with Gasteiger partial charge in [0.2, 0.25) is 0 Å². The number of hydrogen-bond acceptors (Lipinski definition) is 2. The van der Waals surface area contributed by atoms with Crippen molar-refractivity contribution in [3.8, 4) is 0 Å². The standard InChI is InChI=1S/C6H8N2O/c1-4-3-7-8-6(4)5(2)9/h3H,1-2H3,(H,7,8). The maximum Gasteiger partial charge on any atom is 0.177 e. The molecule has 0 spiro atoms. The van der Waals surface area contributed by atoms with Gasteiger partial charge in [-0.25, -0.2) is 0 Å². The van der Waals surface area contributed by atoms with Gasteiger partial charge in [-0.15, -0.1) is 0 Å². The van der Waals surface area contributed by atoms with Gasteiger partial charge in [0, 0.05) is 6.92 Å². The summed E-state index contributed by atoms with van der Waals surface area (Å²) in [5.41, 5.74) is 1.51. The van der Waals surface area contributed by atoms with Crippen molar-refractivity contribution in [3.05, 3.63) is 17.5 Å². The van der Waals surface area contributed by atoms with E-state index in [9.17, 15) is 4.79 Å². The topological polar surface area (TPSA) is 45.8 Å². The van der Waals surface area contributed by atoms with Crippen molar-refractivity contribution in [2.45, 2.75) is 13.8 Å². The lowest BCUT2D eigenvalue weighted by atomic mass is 10.2. The van der Waals surface area contributed by atoms with Gasteiger partial charge >= 0.3 is 0 Å². The highest BCUT2D eigenvalue weighted by Crippen LogP contribution is 2.01. The third-order valence-electron chi connectivity index (χ3n) is 1.18. The van der Waals surface area contributed by atoms with Crippen molar-refractivity contribution in [1.29, 1.82) is 0 Å². The van der Waals surface area contributed by atoms with E-state index in [0.29, 0.717) is 5.69 Å². The number of aromatic nitrogens is 2. The molecule has 1 aromatic heterocycles. The molecule has 1 heterocycles. The van der Waals surface area contributed by atoms with Gasteiger partial charge in [0.25, 0.3) is 0 Å². The van der Waals surface area contributed by atoms with Crippen LogP contribution in [0.3, 0.4) is 0 Å². The molecule has 0 aliphatic carbocycles. The lowest BCUT2D eigenvalue weighted by Gasteiger charge is -1.86. The average Bonchev–Trinajstić information content (AvgIpc) is 2.13. The van der Waals surface area contributed by atoms with Crippen LogP contribution in [-0.4, -0.2) is 16.0 Å². The van der Waals surface area contributed by atoms with Gasteiger partial charge in [0.1, 0.15) is 5.69 Å². The summed E-state index contributed by atoms with van der Waals surface area (Å²) in [6, 6.07) is 0. The molecule has 0 aromatic carbocycles. The summed E-state index contributed by atoms with van der Waals surface area (Å²) in [5.74, 6) is 0.0324. The molecule has 0 bridgehead atoms. The molecule has 0 fully saturated rings. The summed E-state index contributed by atoms with van der Waals surface area (Å²) in [6.45, 7) is 3.36. The number of nitrogens with one attached hydrogen (secondary N) is 1. The van der Waals surface area contributed by atoms with Crippen LogP contribution in [0.4, 0.5) is 0 Å². The zero-order chi connectivity index (χ0) is 6.85. The molecule has 1 N–H and O–H groups in total. The monoisotopic (exact) mass is 124 g/mol. The SMILES string of the molecule is CC(=O)c1[nH]ncc1C. The zero-order valence-electron chi connectivity index (χ0n) is 5.43. The number of hydrogen-bond donors (Lipinski definition) is 1. The van der Waals surface area contributed by atoms with Crippen molar-refractivity contribution in [2.24, 2.45) is 0 Å². The average molecular weight is 124 g/mol. The Morgan fingerprint density at radius 1 is 1.78 bits per heavy atom. The van der Waals surface area contributed by atoms with Crippen molar-refractivity contribution in [1.82, 2.24) is 10.2 Å². The Bertz CT molecular complexity index is 227. The van der Waals surface area contributed by atoms with E-state index >= 15 is 0 Å². The predicted molar refractivity (Wildman–Crippen MR) is 33.3 cm³/mol. The summed E-state index contributed by atoms with van der Waals surface area (Å²) in [5, 5.41) is 6.30. The Balaban J connectivity index is 3.08. The largest absolute Gasteiger partial charge is 0.293 e. The minimum absolute atomic E-state index is 0.0324. The highest BCUT2D eigenvalue weighted by molar-refractivity contribution is 5.93. The Morgan fingerprint density at radius 2 is 2.44 bits per heavy atom. The highest BCUT2D eigenvalue weighted by atomic mass is 16.1. The Hall–Kier alpha value is -1.12. The van der Waals surface area contributed by atoms with E-state index < -0.39 is 0 Å². The molecule has 0 saturated carbocycles. The second kappa shape index (κ2) is 2.01. The van der Waals surface area contributed by atoms with Crippen LogP contribution in [0.2, 0.25) is 0 Å². The molecule has 48 valence electrons. The van der Waals surface area contributed by atoms with Crippen LogP contribution in [0.25, 0.3) is 0 Å². The van der Waals surface area contributed by atoms with Crippen LogP contribution in [0.5, 0.6) is 0 Å². The number of carbonyl (C=O) groups is 1. The minimum Gasteiger partial charge on any atom is -0.293 e. The summed E-state index contributed by atoms with van der Waals surface area (Å²) >= 11 is 0. The Kier molecular flexibility index (Phi) is 1.34. The molecule has 0 atom stereocenters. The molecule has 1 rings (SSSR count). The number of H-pyrrole nitrogens is 1. The molecule has 9 heavy (non-hydrogen) atoms. The van der Waals surface area contributed by atoms with Gasteiger partial charge < -0.3 is 0 Å². The molecule has 3 nitrogen and oxygen atoms in total. The zero-order valence-corrected chi connectivity index (χ0v) is 5.43. The fourth-order valence-corrected chi connectivity index (χ4v) is 0.703. The van der Waals surface area contributed by atoms with Crippen molar-refractivity contribution in [2.75, 3.05) is 0 Å². The first-order valence-corrected chi connectivity index (χ1v) is 2.72. The summed E-state index contributed by atoms with van der Waals surface area (Å²) in [4.78, 5) is 10.7. The maximum atomic E-state index is 10.7. The molecule has 1 aromatic rings. The quantitative estimate of drug-likeness (QED) is 0.566. The van der Waals surface area contributed by atoms with Crippen LogP contribution in [-0.2, 0) is 0 Å². The van der Waals surface area contributed by atoms with E-state index in [1.807, 2.05) is 6.92 Å². The summed E-state index contributed by atoms with van der Waals surface area (Å²) in [6.07, 6.45) is 1.64. The molecule has 0 amide bonds. The van der Waals surface area contributed by atoms with Crippen LogP contribution < -0.4 is 0 Å². The van der Waals surface area contributed by atoms with Gasteiger partial charge in [-0.05, 0) is 12.5 Å². The van der Waals surface area contributed by atoms with Crippen molar-refractivity contribution >= 4 is 5.78 Å². The van der Waals surface area contributed by atoms with Crippen molar-refractivity contribution in [3.63, 3.8) is 0 Å². The van der Waals surface area contributed by atoms with Crippen LogP contribution in [0.15, 0.2) is 6.20 Å². The van der Waals surface area contributed by atoms with E-state index in [0.717, 1.165) is 5.56 Å². The fourth-order valence-electron chi connectivity index (χ4n) is 0.703. The first-order chi connectivity index (χ1) is 4.22. The smallest absolute Gasteiger partial charge is 0.177 e. The lowest BCUT2D eigenvalue weighted by molar-refractivity contribution is 0.101. The number of carbonyl (C=O) groups excluding carboxylic acids is 1. The third-order valence-corrected chi connectivity index (χ3v) is 1.18. The fraction of sp³-hybridized carbons (Fsp3) is 0.333. The molecule has 0 radical (unpaired) electrons. The first-order valence-electron chi connectivity index (χ1n) is 2.72. The van der Waals surface area contributed by atoms with Crippen molar-refractivity contribution < 1.29 is 4.79 Å². The summed E-state index contributed by atoms with van der Waals surface area (Å²) < 4.78 is 0. The summed E-state index contributed by atoms with van der Waals surface area (Å²) in [7, 11) is 0. The second-order valence-electron chi connectivity index (χ2n) is 1.98. The number of aromatic amines is 1. The molecule has 0 unspecified atom stereocenters. The van der Waals surface area contributed by atoms with Gasteiger partial charge in [0.15, 0.2) is 5.78 Å². The van der Waals surface area contributed by atoms with Gasteiger partial charge in [-0.1, -0.05) is 0 Å². The molecule has 0 saturated heterocycles. The van der Waals surface area contributed by atoms with E-state index in [-0.39, 0.29) is 5.78 Å². The van der Waals surface area contributed by atoms with Gasteiger partial charge in [-0.3, -0.25) is 9.89 Å². The van der Waals surface area contributed by atoms with Crippen LogP contribution >= 0.6 is 0 Å². The van der Waals surface area contributed by atoms with E-state index in [2.05, 4.69) is 10.2 Å². The highest BCUT2D eigenvalue weighted by Gasteiger charge is 2.02. The number of rotatable bonds is 1. The van der Waals surface area contributed by atoms with Crippen LogP contribution in [0, 0.1) is 6.92 Å². The molecule has 3 heteroatoms. The maximum absolute atomic E-state index is 10.7. The number of Topliss-reactive ketones (excluding diaryl/α,β-unsaturated/α-hetero) is 1. The molecular weight excluding hydrogens is 116 g/mol. The molecular formula is C6H8N2O. The normalized spacial score (nSPS) is 9.56. The molecule has 0 aliphatic heterocycles. The third kappa shape index (κ3) is 0.988. The second-order valence-corrected chi connectivity index (χ2v) is 1.98. The number of nitrogens with zero attached hydrogens (tertiary/aromatic N) is 1. The number of aryl methyl sites for hydroxylation is 1. The van der Waals surface area contributed by atoms with Crippen LogP contribution in [0.1, 0.15) is 23.0 Å².